The summed E-state index contributed by atoms with van der Waals surface area (Å²) in [6, 6.07) is 11.7. The average Bonchev–Trinajstić information content (AvgIpc) is 3.13. The number of aromatic nitrogens is 2. The molecule has 0 aliphatic heterocycles. The summed E-state index contributed by atoms with van der Waals surface area (Å²) in [5.41, 5.74) is -0.892. The zero-order valence-corrected chi connectivity index (χ0v) is 18.9. The molecule has 12 heteroatoms. The molecule has 2 aromatic heterocycles. The van der Waals surface area contributed by atoms with Crippen LogP contribution in [0, 0.1) is 5.92 Å². The fourth-order valence-electron chi connectivity index (χ4n) is 3.77. The van der Waals surface area contributed by atoms with Crippen LogP contribution >= 0.6 is 11.3 Å². The number of rotatable bonds is 7. The van der Waals surface area contributed by atoms with Gasteiger partial charge in [-0.3, -0.25) is 4.79 Å². The Bertz CT molecular complexity index is 1360. The minimum absolute atomic E-state index is 0.00534. The van der Waals surface area contributed by atoms with Gasteiger partial charge in [0.05, 0.1) is 12.4 Å². The number of benzene rings is 1. The van der Waals surface area contributed by atoms with E-state index in [1.165, 1.54) is 29.2 Å². The monoisotopic (exact) mass is 481 g/mol. The third-order valence-electron chi connectivity index (χ3n) is 5.46. The quantitative estimate of drug-likeness (QED) is 0.526. The fourth-order valence-corrected chi connectivity index (χ4v) is 6.98. The normalized spacial score (nSPS) is 23.5. The van der Waals surface area contributed by atoms with Crippen LogP contribution in [0.2, 0.25) is 0 Å². The van der Waals surface area contributed by atoms with Gasteiger partial charge >= 0.3 is 5.97 Å². The second-order valence-electron chi connectivity index (χ2n) is 7.44. The van der Waals surface area contributed by atoms with E-state index >= 15 is 0 Å². The first-order valence-corrected chi connectivity index (χ1v) is 13.3. The van der Waals surface area contributed by atoms with E-state index in [4.69, 9.17) is 0 Å². The lowest BCUT2D eigenvalue weighted by Crippen LogP contribution is -2.45. The molecule has 1 aliphatic rings. The average molecular weight is 482 g/mol. The number of thiophene rings is 1. The van der Waals surface area contributed by atoms with Crippen LogP contribution in [0.15, 0.2) is 64.0 Å². The summed E-state index contributed by atoms with van der Waals surface area (Å²) in [4.78, 5) is 12.1. The Morgan fingerprint density at radius 3 is 2.42 bits per heavy atom. The molecule has 2 N–H and O–H groups in total. The van der Waals surface area contributed by atoms with Crippen molar-refractivity contribution in [1.82, 2.24) is 14.5 Å². The molecule has 2 heterocycles. The SMILES string of the molecule is CC1[C@@H](c2ccccc2)[C@]1(NS(=O)(=O)c1ccc(-n2cc(S(C)(=O)=O)cn2)s1)C(=O)O. The van der Waals surface area contributed by atoms with Gasteiger partial charge in [0.25, 0.3) is 10.0 Å². The highest BCUT2D eigenvalue weighted by Gasteiger charge is 2.70. The van der Waals surface area contributed by atoms with Crippen LogP contribution in [0.1, 0.15) is 18.4 Å². The molecule has 4 rings (SSSR count). The van der Waals surface area contributed by atoms with Gasteiger partial charge in [-0.2, -0.15) is 9.82 Å². The maximum atomic E-state index is 13.0. The minimum atomic E-state index is -4.15. The number of nitrogens with zero attached hydrogens (tertiary/aromatic N) is 2. The molecule has 1 fully saturated rings. The molecule has 0 saturated heterocycles. The van der Waals surface area contributed by atoms with Crippen LogP contribution in [0.25, 0.3) is 5.00 Å². The topological polar surface area (TPSA) is 135 Å². The third kappa shape index (κ3) is 3.69. The van der Waals surface area contributed by atoms with E-state index in [0.29, 0.717) is 5.00 Å². The highest BCUT2D eigenvalue weighted by Crippen LogP contribution is 2.58. The first-order valence-electron chi connectivity index (χ1n) is 9.14. The predicted octanol–water partition coefficient (Wildman–Crippen LogP) is 1.87. The number of carbonyl (C=O) groups is 1. The first kappa shape index (κ1) is 21.7. The first-order chi connectivity index (χ1) is 14.5. The number of carboxylic acids is 1. The number of sulfone groups is 1. The standard InChI is InChI=1S/C19H19N3O6S3/c1-12-17(13-6-4-3-5-7-13)19(12,18(23)24)21-31(27,28)16-9-8-15(29-16)22-11-14(10-20-22)30(2,25)26/h3-12,17,21H,1-2H3,(H,23,24)/t12?,17-,19-/m0/s1. The highest BCUT2D eigenvalue weighted by molar-refractivity contribution is 7.91. The van der Waals surface area contributed by atoms with Crippen LogP contribution < -0.4 is 4.72 Å². The van der Waals surface area contributed by atoms with Gasteiger partial charge in [-0.1, -0.05) is 37.3 Å². The predicted molar refractivity (Wildman–Crippen MR) is 114 cm³/mol. The Morgan fingerprint density at radius 2 is 1.84 bits per heavy atom. The van der Waals surface area contributed by atoms with Gasteiger partial charge in [0.1, 0.15) is 19.6 Å². The van der Waals surface area contributed by atoms with Crippen molar-refractivity contribution in [2.45, 2.75) is 27.5 Å². The number of nitrogens with one attached hydrogen (secondary N) is 1. The van der Waals surface area contributed by atoms with E-state index in [1.807, 2.05) is 0 Å². The van der Waals surface area contributed by atoms with Crippen LogP contribution in [-0.2, 0) is 24.7 Å². The maximum Gasteiger partial charge on any atom is 0.325 e. The highest BCUT2D eigenvalue weighted by atomic mass is 32.2. The van der Waals surface area contributed by atoms with Gasteiger partial charge in [0.2, 0.25) is 0 Å². The second kappa shape index (κ2) is 7.26. The Hall–Kier alpha value is -2.54. The maximum absolute atomic E-state index is 13.0. The van der Waals surface area contributed by atoms with Crippen molar-refractivity contribution in [2.24, 2.45) is 5.92 Å². The number of sulfonamides is 1. The third-order valence-corrected chi connectivity index (χ3v) is 9.58. The summed E-state index contributed by atoms with van der Waals surface area (Å²) in [6.07, 6.45) is 3.52. The molecule has 0 amide bonds. The smallest absolute Gasteiger partial charge is 0.325 e. The summed E-state index contributed by atoms with van der Waals surface area (Å²) in [7, 11) is -7.60. The Balaban J connectivity index is 1.64. The molecule has 1 unspecified atom stereocenters. The molecule has 0 radical (unpaired) electrons. The lowest BCUT2D eigenvalue weighted by molar-refractivity contribution is -0.140. The Morgan fingerprint density at radius 1 is 1.16 bits per heavy atom. The van der Waals surface area contributed by atoms with Crippen LogP contribution in [0.4, 0.5) is 0 Å². The molecular weight excluding hydrogens is 462 g/mol. The molecular formula is C19H19N3O6S3. The number of hydrogen-bond donors (Lipinski definition) is 2. The lowest BCUT2D eigenvalue weighted by Gasteiger charge is -2.15. The van der Waals surface area contributed by atoms with Gasteiger partial charge < -0.3 is 5.11 Å². The molecule has 1 aliphatic carbocycles. The van der Waals surface area contributed by atoms with Crippen LogP contribution in [0.5, 0.6) is 0 Å². The van der Waals surface area contributed by atoms with Crippen molar-refractivity contribution in [2.75, 3.05) is 6.26 Å². The van der Waals surface area contributed by atoms with Crippen molar-refractivity contribution in [3.8, 4) is 5.00 Å². The van der Waals surface area contributed by atoms with E-state index in [0.717, 1.165) is 23.2 Å². The molecule has 9 nitrogen and oxygen atoms in total. The van der Waals surface area contributed by atoms with Crippen LogP contribution in [-0.4, -0.2) is 49.5 Å². The van der Waals surface area contributed by atoms with Gasteiger partial charge in [-0.15, -0.1) is 11.3 Å². The molecule has 0 bridgehead atoms. The summed E-state index contributed by atoms with van der Waals surface area (Å²) >= 11 is 0.858. The molecule has 164 valence electrons. The van der Waals surface area contributed by atoms with Gasteiger partial charge in [-0.25, -0.2) is 21.5 Å². The van der Waals surface area contributed by atoms with E-state index in [2.05, 4.69) is 9.82 Å². The van der Waals surface area contributed by atoms with E-state index < -0.39 is 43.2 Å². The number of carboxylic acid groups (broad SMARTS) is 1. The molecule has 1 aromatic carbocycles. The molecule has 3 atom stereocenters. The van der Waals surface area contributed by atoms with Gasteiger partial charge in [0, 0.05) is 12.2 Å². The summed E-state index contributed by atoms with van der Waals surface area (Å²) in [5.74, 6) is -2.17. The summed E-state index contributed by atoms with van der Waals surface area (Å²) in [5, 5.41) is 14.2. The van der Waals surface area contributed by atoms with Crippen molar-refractivity contribution < 1.29 is 26.7 Å². The zero-order chi connectivity index (χ0) is 22.6. The van der Waals surface area contributed by atoms with E-state index in [9.17, 15) is 26.7 Å². The summed E-state index contributed by atoms with van der Waals surface area (Å²) < 4.78 is 52.9. The minimum Gasteiger partial charge on any atom is -0.480 e. The summed E-state index contributed by atoms with van der Waals surface area (Å²) in [6.45, 7) is 1.70. The largest absolute Gasteiger partial charge is 0.480 e. The van der Waals surface area contributed by atoms with Crippen molar-refractivity contribution >= 4 is 37.2 Å². The second-order valence-corrected chi connectivity index (χ2v) is 12.4. The molecule has 1 saturated carbocycles. The van der Waals surface area contributed by atoms with Gasteiger partial charge in [0.15, 0.2) is 9.84 Å². The van der Waals surface area contributed by atoms with Crippen molar-refractivity contribution in [3.05, 3.63) is 60.4 Å². The van der Waals surface area contributed by atoms with E-state index in [-0.39, 0.29) is 9.10 Å². The Kier molecular flexibility index (Phi) is 5.08. The zero-order valence-electron chi connectivity index (χ0n) is 16.5. The lowest BCUT2D eigenvalue weighted by atomic mass is 10.1. The Labute approximate surface area is 183 Å². The van der Waals surface area contributed by atoms with Gasteiger partial charge in [-0.05, 0) is 23.6 Å². The molecule has 0 spiro atoms. The fraction of sp³-hybridized carbons (Fsp3) is 0.263. The van der Waals surface area contributed by atoms with Crippen molar-refractivity contribution in [1.29, 1.82) is 0 Å². The number of hydrogen-bond acceptors (Lipinski definition) is 7. The molecule has 31 heavy (non-hydrogen) atoms. The van der Waals surface area contributed by atoms with E-state index in [1.54, 1.807) is 37.3 Å². The molecule has 3 aromatic rings. The van der Waals surface area contributed by atoms with Crippen LogP contribution in [0.3, 0.4) is 0 Å². The number of aliphatic carboxylic acids is 1. The van der Waals surface area contributed by atoms with Crippen molar-refractivity contribution in [3.63, 3.8) is 0 Å².